The average molecular weight is 264 g/mol. The second kappa shape index (κ2) is 5.84. The molecule has 0 spiro atoms. The van der Waals surface area contributed by atoms with E-state index in [0.717, 1.165) is 12.0 Å². The summed E-state index contributed by atoms with van der Waals surface area (Å²) in [5.74, 6) is 1.42. The predicted molar refractivity (Wildman–Crippen MR) is 72.3 cm³/mol. The zero-order chi connectivity index (χ0) is 13.0. The highest BCUT2D eigenvalue weighted by atomic mass is 32.1. The highest BCUT2D eigenvalue weighted by molar-refractivity contribution is 7.09. The number of aromatic nitrogens is 1. The van der Waals surface area contributed by atoms with Gasteiger partial charge in [0.15, 0.2) is 11.5 Å². The van der Waals surface area contributed by atoms with E-state index in [1.165, 1.54) is 4.88 Å². The number of nitrogens with zero attached hydrogens (tertiary/aromatic N) is 1. The van der Waals surface area contributed by atoms with Crippen molar-refractivity contribution in [2.75, 3.05) is 14.2 Å². The average Bonchev–Trinajstić information content (AvgIpc) is 2.90. The molecule has 96 valence electrons. The van der Waals surface area contributed by atoms with Gasteiger partial charge in [-0.3, -0.25) is 4.98 Å². The number of rotatable bonds is 5. The van der Waals surface area contributed by atoms with Gasteiger partial charge in [0.25, 0.3) is 0 Å². The Labute approximate surface area is 110 Å². The largest absolute Gasteiger partial charge is 0.493 e. The van der Waals surface area contributed by atoms with E-state index in [0.29, 0.717) is 11.5 Å². The molecule has 1 aromatic carbocycles. The molecule has 0 amide bonds. The lowest BCUT2D eigenvalue weighted by Gasteiger charge is -2.14. The number of thiazole rings is 1. The van der Waals surface area contributed by atoms with Gasteiger partial charge in [0, 0.05) is 23.5 Å². The third-order valence-corrected chi connectivity index (χ3v) is 3.54. The zero-order valence-corrected chi connectivity index (χ0v) is 11.2. The van der Waals surface area contributed by atoms with Gasteiger partial charge in [0.05, 0.1) is 19.7 Å². The molecule has 1 aromatic heterocycles. The molecule has 0 aliphatic carbocycles. The summed E-state index contributed by atoms with van der Waals surface area (Å²) in [6.07, 6.45) is 2.63. The summed E-state index contributed by atoms with van der Waals surface area (Å²) in [6.45, 7) is 0. The van der Waals surface area contributed by atoms with Gasteiger partial charge in [-0.2, -0.15) is 0 Å². The maximum atomic E-state index is 6.18. The Hall–Kier alpha value is -1.59. The van der Waals surface area contributed by atoms with Crippen LogP contribution in [-0.2, 0) is 6.42 Å². The van der Waals surface area contributed by atoms with Crippen molar-refractivity contribution in [1.29, 1.82) is 0 Å². The zero-order valence-electron chi connectivity index (χ0n) is 10.4. The predicted octanol–water partition coefficient (Wildman–Crippen LogP) is 2.40. The van der Waals surface area contributed by atoms with Gasteiger partial charge in [0.2, 0.25) is 0 Å². The summed E-state index contributed by atoms with van der Waals surface area (Å²) in [5.41, 5.74) is 9.03. The maximum absolute atomic E-state index is 6.18. The van der Waals surface area contributed by atoms with Crippen molar-refractivity contribution in [3.05, 3.63) is 40.3 Å². The van der Waals surface area contributed by atoms with Crippen LogP contribution in [0.15, 0.2) is 29.9 Å². The van der Waals surface area contributed by atoms with Gasteiger partial charge in [-0.05, 0) is 17.7 Å². The topological polar surface area (TPSA) is 57.4 Å². The standard InChI is InChI=1S/C13H16N2O2S/c1-16-12-4-3-9(5-13(12)17-2)11(14)6-10-7-15-8-18-10/h3-5,7-8,11H,6,14H2,1-2H3. The Morgan fingerprint density at radius 2 is 2.06 bits per heavy atom. The summed E-state index contributed by atoms with van der Waals surface area (Å²) < 4.78 is 10.5. The monoisotopic (exact) mass is 264 g/mol. The van der Waals surface area contributed by atoms with Gasteiger partial charge in [-0.15, -0.1) is 11.3 Å². The first-order valence-corrected chi connectivity index (χ1v) is 6.47. The van der Waals surface area contributed by atoms with E-state index in [-0.39, 0.29) is 6.04 Å². The van der Waals surface area contributed by atoms with Crippen molar-refractivity contribution in [2.45, 2.75) is 12.5 Å². The fourth-order valence-electron chi connectivity index (χ4n) is 1.76. The van der Waals surface area contributed by atoms with Crippen LogP contribution >= 0.6 is 11.3 Å². The molecule has 4 nitrogen and oxygen atoms in total. The fraction of sp³-hybridized carbons (Fsp3) is 0.308. The molecular weight excluding hydrogens is 248 g/mol. The number of hydrogen-bond donors (Lipinski definition) is 1. The molecule has 1 heterocycles. The van der Waals surface area contributed by atoms with Crippen LogP contribution in [0.25, 0.3) is 0 Å². The molecule has 1 unspecified atom stereocenters. The molecule has 2 rings (SSSR count). The Kier molecular flexibility index (Phi) is 4.17. The van der Waals surface area contributed by atoms with Crippen molar-refractivity contribution in [1.82, 2.24) is 4.98 Å². The minimum atomic E-state index is -0.0646. The minimum Gasteiger partial charge on any atom is -0.493 e. The number of ether oxygens (including phenoxy) is 2. The van der Waals surface area contributed by atoms with Gasteiger partial charge < -0.3 is 15.2 Å². The Morgan fingerprint density at radius 3 is 2.67 bits per heavy atom. The van der Waals surface area contributed by atoms with Crippen molar-refractivity contribution < 1.29 is 9.47 Å². The molecule has 5 heteroatoms. The van der Waals surface area contributed by atoms with Crippen LogP contribution in [0.2, 0.25) is 0 Å². The van der Waals surface area contributed by atoms with Crippen molar-refractivity contribution >= 4 is 11.3 Å². The summed E-state index contributed by atoms with van der Waals surface area (Å²) >= 11 is 1.62. The lowest BCUT2D eigenvalue weighted by atomic mass is 10.0. The van der Waals surface area contributed by atoms with Crippen LogP contribution in [-0.4, -0.2) is 19.2 Å². The molecule has 18 heavy (non-hydrogen) atoms. The first kappa shape index (κ1) is 12.9. The second-order valence-electron chi connectivity index (χ2n) is 3.89. The molecule has 0 aliphatic heterocycles. The second-order valence-corrected chi connectivity index (χ2v) is 4.86. The normalized spacial score (nSPS) is 12.2. The first-order valence-electron chi connectivity index (χ1n) is 5.59. The molecule has 2 aromatic rings. The Balaban J connectivity index is 2.17. The van der Waals surface area contributed by atoms with E-state index in [2.05, 4.69) is 4.98 Å². The minimum absolute atomic E-state index is 0.0646. The van der Waals surface area contributed by atoms with Crippen LogP contribution in [0, 0.1) is 0 Å². The van der Waals surface area contributed by atoms with E-state index < -0.39 is 0 Å². The van der Waals surface area contributed by atoms with E-state index in [9.17, 15) is 0 Å². The highest BCUT2D eigenvalue weighted by Gasteiger charge is 2.11. The molecule has 0 saturated heterocycles. The molecule has 0 fully saturated rings. The molecule has 0 radical (unpaired) electrons. The third kappa shape index (κ3) is 2.80. The molecule has 2 N–H and O–H groups in total. The van der Waals surface area contributed by atoms with Crippen LogP contribution < -0.4 is 15.2 Å². The quantitative estimate of drug-likeness (QED) is 0.901. The van der Waals surface area contributed by atoms with E-state index in [1.807, 2.05) is 29.9 Å². The molecular formula is C13H16N2O2S. The van der Waals surface area contributed by atoms with Crippen LogP contribution in [0.1, 0.15) is 16.5 Å². The van der Waals surface area contributed by atoms with Crippen LogP contribution in [0.3, 0.4) is 0 Å². The van der Waals surface area contributed by atoms with Gasteiger partial charge >= 0.3 is 0 Å². The van der Waals surface area contributed by atoms with Crippen LogP contribution in [0.5, 0.6) is 11.5 Å². The summed E-state index contributed by atoms with van der Waals surface area (Å²) in [6, 6.07) is 5.70. The number of methoxy groups -OCH3 is 2. The number of benzene rings is 1. The van der Waals surface area contributed by atoms with Crippen molar-refractivity contribution in [3.8, 4) is 11.5 Å². The lowest BCUT2D eigenvalue weighted by Crippen LogP contribution is -2.12. The molecule has 0 aliphatic rings. The van der Waals surface area contributed by atoms with Crippen LogP contribution in [0.4, 0.5) is 0 Å². The van der Waals surface area contributed by atoms with E-state index in [4.69, 9.17) is 15.2 Å². The molecule has 1 atom stereocenters. The first-order chi connectivity index (χ1) is 8.74. The van der Waals surface area contributed by atoms with E-state index in [1.54, 1.807) is 25.6 Å². The number of hydrogen-bond acceptors (Lipinski definition) is 5. The molecule has 0 bridgehead atoms. The summed E-state index contributed by atoms with van der Waals surface area (Å²) in [4.78, 5) is 5.23. The van der Waals surface area contributed by atoms with Crippen molar-refractivity contribution in [3.63, 3.8) is 0 Å². The third-order valence-electron chi connectivity index (χ3n) is 2.74. The van der Waals surface area contributed by atoms with Gasteiger partial charge in [-0.1, -0.05) is 6.07 Å². The summed E-state index contributed by atoms with van der Waals surface area (Å²) in [7, 11) is 3.24. The SMILES string of the molecule is COc1ccc(C(N)Cc2cncs2)cc1OC. The van der Waals surface area contributed by atoms with E-state index >= 15 is 0 Å². The van der Waals surface area contributed by atoms with Gasteiger partial charge in [0.1, 0.15) is 0 Å². The Morgan fingerprint density at radius 1 is 1.28 bits per heavy atom. The highest BCUT2D eigenvalue weighted by Crippen LogP contribution is 2.30. The molecule has 0 saturated carbocycles. The smallest absolute Gasteiger partial charge is 0.161 e. The Bertz CT molecular complexity index is 500. The summed E-state index contributed by atoms with van der Waals surface area (Å²) in [5, 5.41) is 0. The number of nitrogens with two attached hydrogens (primary N) is 1. The lowest BCUT2D eigenvalue weighted by molar-refractivity contribution is 0.354. The maximum Gasteiger partial charge on any atom is 0.161 e. The van der Waals surface area contributed by atoms with Crippen molar-refractivity contribution in [2.24, 2.45) is 5.73 Å². The fourth-order valence-corrected chi connectivity index (χ4v) is 2.42. The van der Waals surface area contributed by atoms with Gasteiger partial charge in [-0.25, -0.2) is 0 Å².